The van der Waals surface area contributed by atoms with E-state index in [1.165, 1.54) is 6.33 Å². The average molecular weight is 248 g/mol. The summed E-state index contributed by atoms with van der Waals surface area (Å²) in [6.07, 6.45) is 1.42. The van der Waals surface area contributed by atoms with Crippen LogP contribution in [0, 0.1) is 12.8 Å². The van der Waals surface area contributed by atoms with Crippen molar-refractivity contribution in [3.63, 3.8) is 0 Å². The zero-order valence-electron chi connectivity index (χ0n) is 10.6. The molecule has 2 rings (SSSR count). The molecule has 0 aliphatic carbocycles. The van der Waals surface area contributed by atoms with Crippen LogP contribution < -0.4 is 11.1 Å². The topological polar surface area (TPSA) is 98.2 Å². The third-order valence-corrected chi connectivity index (χ3v) is 2.66. The number of nitrogens with one attached hydrogen (secondary N) is 1. The van der Waals surface area contributed by atoms with Crippen LogP contribution in [0.15, 0.2) is 12.4 Å². The molecule has 0 saturated heterocycles. The molecule has 0 spiro atoms. The number of nitrogens with two attached hydrogens (primary N) is 1. The summed E-state index contributed by atoms with van der Waals surface area (Å²) in [5, 5.41) is 7.15. The quantitative estimate of drug-likeness (QED) is 0.813. The lowest BCUT2D eigenvalue weighted by Crippen LogP contribution is -2.40. The number of anilines is 1. The first-order chi connectivity index (χ1) is 8.49. The summed E-state index contributed by atoms with van der Waals surface area (Å²) in [5.41, 5.74) is 6.18. The Morgan fingerprint density at radius 2 is 2.22 bits per heavy atom. The summed E-state index contributed by atoms with van der Waals surface area (Å²) >= 11 is 0. The molecule has 2 aromatic rings. The molecule has 2 aromatic heterocycles. The highest BCUT2D eigenvalue weighted by Crippen LogP contribution is 2.14. The number of nitrogens with zero attached hydrogens (tertiary/aromatic N) is 4. The smallest absolute Gasteiger partial charge is 0.254 e. The molecule has 1 atom stereocenters. The summed E-state index contributed by atoms with van der Waals surface area (Å²) in [6.45, 7) is 5.71. The number of amides is 1. The molecule has 0 saturated carbocycles. The molecule has 0 aliphatic rings. The van der Waals surface area contributed by atoms with Crippen LogP contribution in [0.1, 0.15) is 19.5 Å². The summed E-state index contributed by atoms with van der Waals surface area (Å²) in [4.78, 5) is 19.7. The number of aromatic nitrogens is 4. The normalized spacial score (nSPS) is 12.9. The lowest BCUT2D eigenvalue weighted by atomic mass is 10.0. The van der Waals surface area contributed by atoms with Crippen molar-refractivity contribution in [2.75, 3.05) is 5.32 Å². The van der Waals surface area contributed by atoms with Gasteiger partial charge in [0, 0.05) is 11.8 Å². The zero-order valence-corrected chi connectivity index (χ0v) is 10.6. The monoisotopic (exact) mass is 248 g/mol. The van der Waals surface area contributed by atoms with Gasteiger partial charge in [0.1, 0.15) is 18.2 Å². The van der Waals surface area contributed by atoms with Gasteiger partial charge in [0.2, 0.25) is 5.91 Å². The largest absolute Gasteiger partial charge is 0.368 e. The van der Waals surface area contributed by atoms with Gasteiger partial charge in [0.25, 0.3) is 5.78 Å². The minimum atomic E-state index is -0.459. The number of aryl methyl sites for hydroxylation is 1. The Hall–Kier alpha value is -2.18. The number of fused-ring (bicyclic) bond motifs is 1. The minimum absolute atomic E-state index is 0.0783. The van der Waals surface area contributed by atoms with Gasteiger partial charge in [0.05, 0.1) is 0 Å². The molecule has 3 N–H and O–H groups in total. The fourth-order valence-corrected chi connectivity index (χ4v) is 1.76. The second-order valence-electron chi connectivity index (χ2n) is 4.52. The van der Waals surface area contributed by atoms with Crippen LogP contribution in [0.2, 0.25) is 0 Å². The molecule has 7 heteroatoms. The molecule has 18 heavy (non-hydrogen) atoms. The molecule has 2 heterocycles. The van der Waals surface area contributed by atoms with E-state index in [1.54, 1.807) is 10.6 Å². The zero-order chi connectivity index (χ0) is 13.3. The Kier molecular flexibility index (Phi) is 3.14. The van der Waals surface area contributed by atoms with Gasteiger partial charge in [-0.05, 0) is 12.8 Å². The van der Waals surface area contributed by atoms with Crippen LogP contribution in [0.3, 0.4) is 0 Å². The van der Waals surface area contributed by atoms with Crippen LogP contribution in [-0.2, 0) is 4.79 Å². The molecule has 0 bridgehead atoms. The molecule has 0 aliphatic heterocycles. The van der Waals surface area contributed by atoms with Crippen LogP contribution in [0.5, 0.6) is 0 Å². The van der Waals surface area contributed by atoms with Gasteiger partial charge in [-0.25, -0.2) is 4.98 Å². The van der Waals surface area contributed by atoms with Crippen molar-refractivity contribution in [2.24, 2.45) is 11.7 Å². The Morgan fingerprint density at radius 1 is 1.50 bits per heavy atom. The molecule has 7 nitrogen and oxygen atoms in total. The van der Waals surface area contributed by atoms with Crippen molar-refractivity contribution in [2.45, 2.75) is 26.8 Å². The third-order valence-electron chi connectivity index (χ3n) is 2.66. The highest BCUT2D eigenvalue weighted by atomic mass is 16.1. The number of primary amides is 1. The lowest BCUT2D eigenvalue weighted by molar-refractivity contribution is -0.119. The fourth-order valence-electron chi connectivity index (χ4n) is 1.76. The minimum Gasteiger partial charge on any atom is -0.368 e. The van der Waals surface area contributed by atoms with Gasteiger partial charge < -0.3 is 11.1 Å². The van der Waals surface area contributed by atoms with Gasteiger partial charge in [-0.3, -0.25) is 4.79 Å². The van der Waals surface area contributed by atoms with Gasteiger partial charge >= 0.3 is 0 Å². The Bertz CT molecular complexity index is 576. The molecular formula is C11H16N6O. The third kappa shape index (κ3) is 2.24. The SMILES string of the molecule is Cc1cc(NC(C(N)=O)C(C)C)n2ncnc2n1. The van der Waals surface area contributed by atoms with E-state index < -0.39 is 11.9 Å². The van der Waals surface area contributed by atoms with Crippen molar-refractivity contribution in [1.82, 2.24) is 19.6 Å². The van der Waals surface area contributed by atoms with E-state index in [0.717, 1.165) is 5.69 Å². The molecule has 1 amide bonds. The lowest BCUT2D eigenvalue weighted by Gasteiger charge is -2.20. The molecular weight excluding hydrogens is 232 g/mol. The van der Waals surface area contributed by atoms with Crippen LogP contribution in [0.4, 0.5) is 5.82 Å². The van der Waals surface area contributed by atoms with Crippen LogP contribution in [-0.4, -0.2) is 31.5 Å². The van der Waals surface area contributed by atoms with Gasteiger partial charge in [-0.1, -0.05) is 13.8 Å². The van der Waals surface area contributed by atoms with E-state index in [1.807, 2.05) is 20.8 Å². The predicted molar refractivity (Wildman–Crippen MR) is 67.0 cm³/mol. The molecule has 96 valence electrons. The fraction of sp³-hybridized carbons (Fsp3) is 0.455. The highest BCUT2D eigenvalue weighted by molar-refractivity contribution is 5.83. The summed E-state index contributed by atoms with van der Waals surface area (Å²) in [5.74, 6) is 0.833. The Morgan fingerprint density at radius 3 is 2.83 bits per heavy atom. The molecule has 1 unspecified atom stereocenters. The highest BCUT2D eigenvalue weighted by Gasteiger charge is 2.20. The Balaban J connectivity index is 2.41. The first kappa shape index (κ1) is 12.3. The number of hydrogen-bond donors (Lipinski definition) is 2. The second kappa shape index (κ2) is 4.59. The Labute approximate surface area is 104 Å². The maximum atomic E-state index is 11.4. The van der Waals surface area contributed by atoms with E-state index >= 15 is 0 Å². The van der Waals surface area contributed by atoms with E-state index in [0.29, 0.717) is 11.6 Å². The van der Waals surface area contributed by atoms with Gasteiger partial charge in [-0.15, -0.1) is 0 Å². The van der Waals surface area contributed by atoms with Crippen molar-refractivity contribution < 1.29 is 4.79 Å². The standard InChI is InChI=1S/C11H16N6O/c1-6(2)9(10(12)18)16-8-4-7(3)15-11-13-5-14-17(8)11/h4-6,9,16H,1-3H3,(H2,12,18). The summed E-state index contributed by atoms with van der Waals surface area (Å²) in [7, 11) is 0. The molecule has 0 radical (unpaired) electrons. The van der Waals surface area contributed by atoms with Crippen LogP contribution >= 0.6 is 0 Å². The number of rotatable bonds is 4. The van der Waals surface area contributed by atoms with Crippen molar-refractivity contribution in [1.29, 1.82) is 0 Å². The van der Waals surface area contributed by atoms with Crippen LogP contribution in [0.25, 0.3) is 5.78 Å². The van der Waals surface area contributed by atoms with Gasteiger partial charge in [0.15, 0.2) is 0 Å². The van der Waals surface area contributed by atoms with Crippen molar-refractivity contribution >= 4 is 17.5 Å². The van der Waals surface area contributed by atoms with E-state index in [9.17, 15) is 4.79 Å². The van der Waals surface area contributed by atoms with Crippen molar-refractivity contribution in [3.8, 4) is 0 Å². The number of hydrogen-bond acceptors (Lipinski definition) is 5. The first-order valence-electron chi connectivity index (χ1n) is 5.72. The second-order valence-corrected chi connectivity index (χ2v) is 4.52. The van der Waals surface area contributed by atoms with Gasteiger partial charge in [-0.2, -0.15) is 14.6 Å². The van der Waals surface area contributed by atoms with Crippen molar-refractivity contribution in [3.05, 3.63) is 18.1 Å². The number of carbonyl (C=O) groups is 1. The van der Waals surface area contributed by atoms with E-state index in [4.69, 9.17) is 5.73 Å². The molecule has 0 fully saturated rings. The average Bonchev–Trinajstić information content (AvgIpc) is 2.72. The van der Waals surface area contributed by atoms with E-state index in [-0.39, 0.29) is 5.92 Å². The van der Waals surface area contributed by atoms with E-state index in [2.05, 4.69) is 20.4 Å². The maximum absolute atomic E-state index is 11.4. The first-order valence-corrected chi connectivity index (χ1v) is 5.72. The summed E-state index contributed by atoms with van der Waals surface area (Å²) < 4.78 is 1.55. The summed E-state index contributed by atoms with van der Waals surface area (Å²) in [6, 6.07) is 1.35. The predicted octanol–water partition coefficient (Wildman–Crippen LogP) is 0.355. The maximum Gasteiger partial charge on any atom is 0.254 e. The molecule has 0 aromatic carbocycles. The number of carbonyl (C=O) groups excluding carboxylic acids is 1.